The van der Waals surface area contributed by atoms with Crippen LogP contribution in [0.1, 0.15) is 10.4 Å². The molecule has 5 heteroatoms. The number of thiazole rings is 1. The molecule has 0 amide bonds. The maximum Gasteiger partial charge on any atom is 0.308 e. The molecule has 3 aromatic rings. The molecule has 1 N–H and O–H groups in total. The smallest absolute Gasteiger partial charge is 0.308 e. The van der Waals surface area contributed by atoms with Crippen molar-refractivity contribution in [3.63, 3.8) is 0 Å². The number of carbonyl (C=O) groups is 1. The van der Waals surface area contributed by atoms with E-state index < -0.39 is 5.97 Å². The van der Waals surface area contributed by atoms with Crippen LogP contribution in [0.4, 0.5) is 0 Å². The molecule has 0 radical (unpaired) electrons. The second-order valence-corrected chi connectivity index (χ2v) is 6.52. The van der Waals surface area contributed by atoms with E-state index in [0.29, 0.717) is 0 Å². The van der Waals surface area contributed by atoms with E-state index in [1.165, 1.54) is 16.9 Å². The summed E-state index contributed by atoms with van der Waals surface area (Å²) in [6.07, 6.45) is 0.00504. The van der Waals surface area contributed by atoms with Gasteiger partial charge in [0.25, 0.3) is 0 Å². The Hall–Kier alpha value is -1.98. The van der Waals surface area contributed by atoms with Gasteiger partial charge in [-0.05, 0) is 17.9 Å². The largest absolute Gasteiger partial charge is 0.481 e. The highest BCUT2D eigenvalue weighted by molar-refractivity contribution is 7.16. The minimum atomic E-state index is -0.829. The van der Waals surface area contributed by atoms with Crippen LogP contribution in [-0.4, -0.2) is 16.1 Å². The maximum absolute atomic E-state index is 11.1. The zero-order chi connectivity index (χ0) is 14.8. The predicted molar refractivity (Wildman–Crippen MR) is 86.9 cm³/mol. The normalized spacial score (nSPS) is 10.7. The number of hydrogen-bond donors (Lipinski definition) is 1. The van der Waals surface area contributed by atoms with E-state index in [0.717, 1.165) is 26.7 Å². The number of nitrogens with zero attached hydrogens (tertiary/aromatic N) is 1. The van der Waals surface area contributed by atoms with Crippen LogP contribution in [0.3, 0.4) is 0 Å². The minimum absolute atomic E-state index is 0.00504. The van der Waals surface area contributed by atoms with Gasteiger partial charge in [0, 0.05) is 21.4 Å². The van der Waals surface area contributed by atoms with Crippen LogP contribution >= 0.6 is 22.7 Å². The van der Waals surface area contributed by atoms with Gasteiger partial charge < -0.3 is 5.11 Å². The molecule has 0 atom stereocenters. The summed E-state index contributed by atoms with van der Waals surface area (Å²) >= 11 is 3.11. The van der Waals surface area contributed by atoms with Gasteiger partial charge in [-0.3, -0.25) is 4.79 Å². The van der Waals surface area contributed by atoms with Crippen LogP contribution in [0, 0.1) is 6.92 Å². The topological polar surface area (TPSA) is 50.2 Å². The van der Waals surface area contributed by atoms with Gasteiger partial charge in [0.1, 0.15) is 5.01 Å². The van der Waals surface area contributed by atoms with Gasteiger partial charge in [-0.25, -0.2) is 4.98 Å². The second-order valence-electron chi connectivity index (χ2n) is 4.70. The third kappa shape index (κ3) is 2.89. The molecule has 0 saturated carbocycles. The zero-order valence-electron chi connectivity index (χ0n) is 11.4. The lowest BCUT2D eigenvalue weighted by Gasteiger charge is -1.99. The third-order valence-corrected chi connectivity index (χ3v) is 5.09. The molecule has 106 valence electrons. The number of aromatic nitrogens is 1. The molecule has 0 bridgehead atoms. The molecule has 0 saturated heterocycles. The number of aryl methyl sites for hydroxylation is 1. The van der Waals surface area contributed by atoms with Crippen LogP contribution in [0.25, 0.3) is 21.8 Å². The van der Waals surface area contributed by atoms with Crippen molar-refractivity contribution in [1.82, 2.24) is 4.98 Å². The fourth-order valence-electron chi connectivity index (χ4n) is 2.13. The molecular formula is C16H13NO2S2. The number of carboxylic acids is 1. The number of aliphatic carboxylic acids is 1. The minimum Gasteiger partial charge on any atom is -0.481 e. The number of thiophene rings is 1. The van der Waals surface area contributed by atoms with Gasteiger partial charge in [0.2, 0.25) is 0 Å². The number of carboxylic acid groups (broad SMARTS) is 1. The highest BCUT2D eigenvalue weighted by Gasteiger charge is 2.17. The van der Waals surface area contributed by atoms with Crippen LogP contribution in [0.2, 0.25) is 0 Å². The van der Waals surface area contributed by atoms with Gasteiger partial charge in [-0.1, -0.05) is 30.3 Å². The molecular weight excluding hydrogens is 302 g/mol. The van der Waals surface area contributed by atoms with E-state index in [4.69, 9.17) is 10.1 Å². The molecule has 2 heterocycles. The lowest BCUT2D eigenvalue weighted by Crippen LogP contribution is -1.99. The van der Waals surface area contributed by atoms with Crippen molar-refractivity contribution >= 4 is 28.6 Å². The van der Waals surface area contributed by atoms with E-state index in [9.17, 15) is 4.79 Å². The average Bonchev–Trinajstić information content (AvgIpc) is 3.05. The standard InChI is InChI=1S/C16H13NO2S2/c1-10-8-20-9-12(10)16-17-15(11-5-3-2-4-6-11)13(21-16)7-14(18)19/h2-6,8-9H,7H2,1H3,(H,18,19). The second kappa shape index (κ2) is 5.79. The highest BCUT2D eigenvalue weighted by atomic mass is 32.1. The van der Waals surface area contributed by atoms with Crippen LogP contribution in [0.15, 0.2) is 41.1 Å². The molecule has 3 rings (SSSR count). The van der Waals surface area contributed by atoms with E-state index in [1.807, 2.05) is 37.3 Å². The highest BCUT2D eigenvalue weighted by Crippen LogP contribution is 2.36. The van der Waals surface area contributed by atoms with E-state index in [2.05, 4.69) is 10.8 Å². The zero-order valence-corrected chi connectivity index (χ0v) is 13.0. The fourth-order valence-corrected chi connectivity index (χ4v) is 4.19. The molecule has 2 aromatic heterocycles. The number of hydrogen-bond acceptors (Lipinski definition) is 4. The quantitative estimate of drug-likeness (QED) is 0.772. The monoisotopic (exact) mass is 315 g/mol. The van der Waals surface area contributed by atoms with Crippen molar-refractivity contribution in [2.75, 3.05) is 0 Å². The molecule has 0 aliphatic heterocycles. The molecule has 21 heavy (non-hydrogen) atoms. The summed E-state index contributed by atoms with van der Waals surface area (Å²) in [5, 5.41) is 14.1. The summed E-state index contributed by atoms with van der Waals surface area (Å²) in [7, 11) is 0. The van der Waals surface area contributed by atoms with Crippen molar-refractivity contribution in [1.29, 1.82) is 0 Å². The van der Waals surface area contributed by atoms with Crippen LogP contribution in [0.5, 0.6) is 0 Å². The third-order valence-electron chi connectivity index (χ3n) is 3.14. The molecule has 3 nitrogen and oxygen atoms in total. The van der Waals surface area contributed by atoms with E-state index in [-0.39, 0.29) is 6.42 Å². The predicted octanol–water partition coefficient (Wildman–Crippen LogP) is 4.47. The van der Waals surface area contributed by atoms with Gasteiger partial charge in [-0.2, -0.15) is 11.3 Å². The summed E-state index contributed by atoms with van der Waals surface area (Å²) in [4.78, 5) is 16.6. The summed E-state index contributed by atoms with van der Waals surface area (Å²) in [6, 6.07) is 9.75. The van der Waals surface area contributed by atoms with Crippen LogP contribution in [-0.2, 0) is 11.2 Å². The van der Waals surface area contributed by atoms with Crippen LogP contribution < -0.4 is 0 Å². The van der Waals surface area contributed by atoms with Gasteiger partial charge in [0.05, 0.1) is 12.1 Å². The summed E-state index contributed by atoms with van der Waals surface area (Å²) in [6.45, 7) is 2.05. The Kier molecular flexibility index (Phi) is 3.86. The Morgan fingerprint density at radius 1 is 1.24 bits per heavy atom. The first-order valence-electron chi connectivity index (χ1n) is 6.45. The Balaban J connectivity index is 2.12. The Labute approximate surface area is 130 Å². The van der Waals surface area contributed by atoms with Crippen molar-refractivity contribution in [3.8, 4) is 21.8 Å². The first kappa shape index (κ1) is 14.0. The molecule has 0 unspecified atom stereocenters. The molecule has 0 aliphatic carbocycles. The fraction of sp³-hybridized carbons (Fsp3) is 0.125. The van der Waals surface area contributed by atoms with E-state index in [1.54, 1.807) is 11.3 Å². The van der Waals surface area contributed by atoms with Crippen molar-refractivity contribution in [2.45, 2.75) is 13.3 Å². The first-order valence-corrected chi connectivity index (χ1v) is 8.21. The lowest BCUT2D eigenvalue weighted by molar-refractivity contribution is -0.136. The lowest BCUT2D eigenvalue weighted by atomic mass is 10.1. The molecule has 1 aromatic carbocycles. The Morgan fingerprint density at radius 3 is 2.62 bits per heavy atom. The van der Waals surface area contributed by atoms with Crippen molar-refractivity contribution in [2.24, 2.45) is 0 Å². The van der Waals surface area contributed by atoms with Gasteiger partial charge in [0.15, 0.2) is 0 Å². The molecule has 0 fully saturated rings. The summed E-state index contributed by atoms with van der Waals surface area (Å²) in [5.74, 6) is -0.829. The number of benzene rings is 1. The van der Waals surface area contributed by atoms with Crippen molar-refractivity contribution in [3.05, 3.63) is 51.5 Å². The Morgan fingerprint density at radius 2 is 2.00 bits per heavy atom. The summed E-state index contributed by atoms with van der Waals surface area (Å²) in [5.41, 5.74) is 4.02. The van der Waals surface area contributed by atoms with Gasteiger partial charge in [-0.15, -0.1) is 11.3 Å². The van der Waals surface area contributed by atoms with Crippen molar-refractivity contribution < 1.29 is 9.90 Å². The summed E-state index contributed by atoms with van der Waals surface area (Å²) < 4.78 is 0. The number of rotatable bonds is 4. The van der Waals surface area contributed by atoms with E-state index >= 15 is 0 Å². The first-order chi connectivity index (χ1) is 10.1. The molecule has 0 aliphatic rings. The average molecular weight is 315 g/mol. The molecule has 0 spiro atoms. The van der Waals surface area contributed by atoms with Gasteiger partial charge >= 0.3 is 5.97 Å². The maximum atomic E-state index is 11.1. The Bertz CT molecular complexity index is 775. The SMILES string of the molecule is Cc1cscc1-c1nc(-c2ccccc2)c(CC(=O)O)s1.